The molecule has 144 valence electrons. The fourth-order valence-corrected chi connectivity index (χ4v) is 2.96. The minimum atomic E-state index is -4.45. The summed E-state index contributed by atoms with van der Waals surface area (Å²) in [6, 6.07) is 3.34. The first kappa shape index (κ1) is 23.8. The highest BCUT2D eigenvalue weighted by Crippen LogP contribution is 2.35. The number of benzene rings is 1. The summed E-state index contributed by atoms with van der Waals surface area (Å²) in [4.78, 5) is 13.8. The Hall–Kier alpha value is -1.18. The van der Waals surface area contributed by atoms with Crippen LogP contribution in [0.5, 0.6) is 0 Å². The predicted octanol–water partition coefficient (Wildman–Crippen LogP) is 4.07. The normalized spacial score (nSPS) is 19.6. The molecule has 2 atom stereocenters. The van der Waals surface area contributed by atoms with Crippen molar-refractivity contribution >= 4 is 42.1 Å². The number of alkyl halides is 3. The number of rotatable bonds is 4. The standard InChI is InChI=1S/C16H22F3N3O.2ClH/c1-22(2)14-7-6-11(16(17,18)19)9-13(14)21-15(23)8-10-4-3-5-12(10)20;;/h6-7,9-10,12H,3-5,8,20H2,1-2H3,(H,21,23);2*1H/t10-,12+;;/m0../s1. The molecule has 1 aliphatic rings. The van der Waals surface area contributed by atoms with Crippen LogP contribution in [-0.4, -0.2) is 26.0 Å². The van der Waals surface area contributed by atoms with E-state index in [1.54, 1.807) is 19.0 Å². The molecule has 0 unspecified atom stereocenters. The molecular weight excluding hydrogens is 378 g/mol. The number of halogens is 5. The molecule has 0 aliphatic heterocycles. The first-order valence-corrected chi connectivity index (χ1v) is 7.62. The van der Waals surface area contributed by atoms with E-state index in [0.717, 1.165) is 31.4 Å². The summed E-state index contributed by atoms with van der Waals surface area (Å²) >= 11 is 0. The molecule has 1 saturated carbocycles. The molecule has 0 radical (unpaired) electrons. The Morgan fingerprint density at radius 2 is 1.92 bits per heavy atom. The van der Waals surface area contributed by atoms with Gasteiger partial charge in [-0.15, -0.1) is 24.8 Å². The number of amides is 1. The fraction of sp³-hybridized carbons (Fsp3) is 0.562. The average molecular weight is 402 g/mol. The molecule has 0 aromatic heterocycles. The first-order valence-electron chi connectivity index (χ1n) is 7.62. The van der Waals surface area contributed by atoms with Gasteiger partial charge in [-0.2, -0.15) is 13.2 Å². The van der Waals surface area contributed by atoms with Crippen LogP contribution in [0.2, 0.25) is 0 Å². The van der Waals surface area contributed by atoms with Gasteiger partial charge in [0.15, 0.2) is 0 Å². The molecule has 9 heteroatoms. The number of anilines is 2. The predicted molar refractivity (Wildman–Crippen MR) is 98.8 cm³/mol. The van der Waals surface area contributed by atoms with Crippen LogP contribution in [0.15, 0.2) is 18.2 Å². The van der Waals surface area contributed by atoms with Crippen molar-refractivity contribution in [2.45, 2.75) is 37.9 Å². The monoisotopic (exact) mass is 401 g/mol. The first-order chi connectivity index (χ1) is 10.7. The SMILES string of the molecule is CN(C)c1ccc(C(F)(F)F)cc1NC(=O)C[C@@H]1CCC[C@H]1N.Cl.Cl. The lowest BCUT2D eigenvalue weighted by Crippen LogP contribution is -2.28. The lowest BCUT2D eigenvalue weighted by atomic mass is 10.00. The molecule has 1 aliphatic carbocycles. The minimum absolute atomic E-state index is 0. The second kappa shape index (κ2) is 9.50. The summed E-state index contributed by atoms with van der Waals surface area (Å²) < 4.78 is 38.6. The van der Waals surface area contributed by atoms with Crippen molar-refractivity contribution in [2.24, 2.45) is 11.7 Å². The highest BCUT2D eigenvalue weighted by molar-refractivity contribution is 5.94. The molecule has 0 bridgehead atoms. The van der Waals surface area contributed by atoms with Crippen molar-refractivity contribution in [3.8, 4) is 0 Å². The Morgan fingerprint density at radius 3 is 2.40 bits per heavy atom. The van der Waals surface area contributed by atoms with Crippen LogP contribution < -0.4 is 16.0 Å². The summed E-state index contributed by atoms with van der Waals surface area (Å²) in [5.41, 5.74) is 5.86. The zero-order valence-electron chi connectivity index (χ0n) is 14.1. The Kier molecular flexibility index (Phi) is 9.05. The summed E-state index contributed by atoms with van der Waals surface area (Å²) in [5.74, 6) is -0.196. The van der Waals surface area contributed by atoms with Crippen LogP contribution in [0, 0.1) is 5.92 Å². The van der Waals surface area contributed by atoms with Crippen molar-refractivity contribution in [3.63, 3.8) is 0 Å². The van der Waals surface area contributed by atoms with E-state index in [1.165, 1.54) is 6.07 Å². The Morgan fingerprint density at radius 1 is 1.28 bits per heavy atom. The second-order valence-corrected chi connectivity index (χ2v) is 6.23. The number of carbonyl (C=O) groups is 1. The number of carbonyl (C=O) groups excluding carboxylic acids is 1. The highest BCUT2D eigenvalue weighted by Gasteiger charge is 2.32. The third-order valence-corrected chi connectivity index (χ3v) is 4.25. The van der Waals surface area contributed by atoms with Gasteiger partial charge in [0.25, 0.3) is 0 Å². The average Bonchev–Trinajstić information content (AvgIpc) is 2.82. The van der Waals surface area contributed by atoms with Crippen LogP contribution in [0.1, 0.15) is 31.2 Å². The van der Waals surface area contributed by atoms with Crippen molar-refractivity contribution in [3.05, 3.63) is 23.8 Å². The van der Waals surface area contributed by atoms with Crippen LogP contribution in [-0.2, 0) is 11.0 Å². The molecule has 1 fully saturated rings. The van der Waals surface area contributed by atoms with Crippen molar-refractivity contribution in [1.82, 2.24) is 0 Å². The van der Waals surface area contributed by atoms with Gasteiger partial charge in [0.05, 0.1) is 16.9 Å². The molecule has 0 heterocycles. The van der Waals surface area contributed by atoms with E-state index in [9.17, 15) is 18.0 Å². The van der Waals surface area contributed by atoms with Gasteiger partial charge >= 0.3 is 6.18 Å². The summed E-state index contributed by atoms with van der Waals surface area (Å²) in [6.45, 7) is 0. The third kappa shape index (κ3) is 6.24. The van der Waals surface area contributed by atoms with E-state index in [1.807, 2.05) is 0 Å². The van der Waals surface area contributed by atoms with E-state index in [0.29, 0.717) is 5.69 Å². The molecule has 1 amide bonds. The molecule has 0 spiro atoms. The molecule has 25 heavy (non-hydrogen) atoms. The summed E-state index contributed by atoms with van der Waals surface area (Å²) in [5, 5.41) is 2.62. The molecule has 4 nitrogen and oxygen atoms in total. The molecule has 1 aromatic rings. The lowest BCUT2D eigenvalue weighted by molar-refractivity contribution is -0.137. The maximum absolute atomic E-state index is 12.9. The van der Waals surface area contributed by atoms with Crippen LogP contribution >= 0.6 is 24.8 Å². The van der Waals surface area contributed by atoms with Crippen LogP contribution in [0.4, 0.5) is 24.5 Å². The number of nitrogens with one attached hydrogen (secondary N) is 1. The minimum Gasteiger partial charge on any atom is -0.376 e. The fourth-order valence-electron chi connectivity index (χ4n) is 2.96. The molecule has 0 saturated heterocycles. The molecule has 2 rings (SSSR count). The third-order valence-electron chi connectivity index (χ3n) is 4.25. The maximum atomic E-state index is 12.9. The van der Waals surface area contributed by atoms with Crippen LogP contribution in [0.3, 0.4) is 0 Å². The number of nitrogens with zero attached hydrogens (tertiary/aromatic N) is 1. The van der Waals surface area contributed by atoms with Gasteiger partial charge in [0, 0.05) is 26.6 Å². The Bertz CT molecular complexity index is 582. The van der Waals surface area contributed by atoms with Gasteiger partial charge in [-0.3, -0.25) is 4.79 Å². The zero-order chi connectivity index (χ0) is 17.2. The van der Waals surface area contributed by atoms with Gasteiger partial charge in [-0.1, -0.05) is 6.42 Å². The molecule has 3 N–H and O–H groups in total. The summed E-state index contributed by atoms with van der Waals surface area (Å²) in [7, 11) is 3.43. The van der Waals surface area contributed by atoms with Gasteiger partial charge < -0.3 is 16.0 Å². The zero-order valence-corrected chi connectivity index (χ0v) is 15.7. The van der Waals surface area contributed by atoms with Crippen molar-refractivity contribution in [2.75, 3.05) is 24.3 Å². The Labute approximate surface area is 158 Å². The molecule has 1 aromatic carbocycles. The van der Waals surface area contributed by atoms with E-state index < -0.39 is 11.7 Å². The van der Waals surface area contributed by atoms with E-state index in [4.69, 9.17) is 5.73 Å². The largest absolute Gasteiger partial charge is 0.416 e. The van der Waals surface area contributed by atoms with E-state index >= 15 is 0 Å². The second-order valence-electron chi connectivity index (χ2n) is 6.23. The van der Waals surface area contributed by atoms with Gasteiger partial charge in [-0.05, 0) is 37.0 Å². The summed E-state index contributed by atoms with van der Waals surface area (Å²) in [6.07, 6.45) is -1.43. The number of hydrogen-bond acceptors (Lipinski definition) is 3. The molecular formula is C16H24Cl2F3N3O. The van der Waals surface area contributed by atoms with Crippen molar-refractivity contribution in [1.29, 1.82) is 0 Å². The smallest absolute Gasteiger partial charge is 0.376 e. The number of hydrogen-bond donors (Lipinski definition) is 2. The number of nitrogens with two attached hydrogens (primary N) is 1. The van der Waals surface area contributed by atoms with Crippen molar-refractivity contribution < 1.29 is 18.0 Å². The lowest BCUT2D eigenvalue weighted by Gasteiger charge is -2.21. The topological polar surface area (TPSA) is 58.4 Å². The quantitative estimate of drug-likeness (QED) is 0.799. The van der Waals surface area contributed by atoms with E-state index in [2.05, 4.69) is 5.32 Å². The highest BCUT2D eigenvalue weighted by atomic mass is 35.5. The van der Waals surface area contributed by atoms with Gasteiger partial charge in [0.2, 0.25) is 5.91 Å². The van der Waals surface area contributed by atoms with E-state index in [-0.39, 0.29) is 54.8 Å². The van der Waals surface area contributed by atoms with Gasteiger partial charge in [-0.25, -0.2) is 0 Å². The van der Waals surface area contributed by atoms with Crippen LogP contribution in [0.25, 0.3) is 0 Å². The Balaban J connectivity index is 0.00000288. The van der Waals surface area contributed by atoms with Gasteiger partial charge in [0.1, 0.15) is 0 Å². The maximum Gasteiger partial charge on any atom is 0.416 e.